The molecule has 2 atom stereocenters. The van der Waals surface area contributed by atoms with Crippen LogP contribution in [-0.2, 0) is 4.79 Å². The quantitative estimate of drug-likeness (QED) is 0.504. The van der Waals surface area contributed by atoms with Gasteiger partial charge in [-0.2, -0.15) is 0 Å². The molecular weight excluding hydrogens is 184 g/mol. The molecule has 0 aromatic rings. The zero-order valence-electron chi connectivity index (χ0n) is 10.5. The van der Waals surface area contributed by atoms with Crippen LogP contribution in [0.5, 0.6) is 0 Å². The van der Waals surface area contributed by atoms with Gasteiger partial charge >= 0.3 is 0 Å². The van der Waals surface area contributed by atoms with Crippen LogP contribution in [0.3, 0.4) is 0 Å². The van der Waals surface area contributed by atoms with Crippen molar-refractivity contribution < 1.29 is 4.79 Å². The highest BCUT2D eigenvalue weighted by molar-refractivity contribution is 5.60. The van der Waals surface area contributed by atoms with E-state index >= 15 is 0 Å². The monoisotopic (exact) mass is 208 g/mol. The van der Waals surface area contributed by atoms with E-state index in [4.69, 9.17) is 0 Å². The molecule has 86 valence electrons. The molecule has 0 amide bonds. The van der Waals surface area contributed by atoms with Crippen molar-refractivity contribution in [1.82, 2.24) is 0 Å². The highest BCUT2D eigenvalue weighted by atomic mass is 16.1. The highest BCUT2D eigenvalue weighted by Crippen LogP contribution is 2.39. The molecule has 0 saturated heterocycles. The first kappa shape index (κ1) is 12.5. The van der Waals surface area contributed by atoms with Crippen molar-refractivity contribution in [1.29, 1.82) is 0 Å². The fraction of sp³-hybridized carbons (Fsp3) is 0.786. The number of rotatable bonds is 4. The van der Waals surface area contributed by atoms with Gasteiger partial charge in [-0.05, 0) is 37.5 Å². The molecule has 0 spiro atoms. The SMILES string of the molecule is CCC(C1=CCCC(C)(C=O)C1)C(C)C. The van der Waals surface area contributed by atoms with Gasteiger partial charge in [-0.25, -0.2) is 0 Å². The lowest BCUT2D eigenvalue weighted by Crippen LogP contribution is -2.25. The van der Waals surface area contributed by atoms with Crippen molar-refractivity contribution in [2.75, 3.05) is 0 Å². The molecule has 1 aliphatic rings. The number of carbonyl (C=O) groups is 1. The van der Waals surface area contributed by atoms with Gasteiger partial charge in [-0.1, -0.05) is 39.3 Å². The van der Waals surface area contributed by atoms with Crippen LogP contribution in [0, 0.1) is 17.3 Å². The Bertz CT molecular complexity index is 252. The van der Waals surface area contributed by atoms with E-state index in [0.717, 1.165) is 25.5 Å². The maximum atomic E-state index is 11.1. The summed E-state index contributed by atoms with van der Waals surface area (Å²) in [5.74, 6) is 1.36. The van der Waals surface area contributed by atoms with Crippen molar-refractivity contribution in [3.8, 4) is 0 Å². The fourth-order valence-corrected chi connectivity index (χ4v) is 2.76. The number of allylic oxidation sites excluding steroid dienone is 2. The summed E-state index contributed by atoms with van der Waals surface area (Å²) in [4.78, 5) is 11.1. The summed E-state index contributed by atoms with van der Waals surface area (Å²) in [7, 11) is 0. The summed E-state index contributed by atoms with van der Waals surface area (Å²) in [6, 6.07) is 0. The summed E-state index contributed by atoms with van der Waals surface area (Å²) in [5, 5.41) is 0. The highest BCUT2D eigenvalue weighted by Gasteiger charge is 2.30. The Balaban J connectivity index is 2.78. The lowest BCUT2D eigenvalue weighted by molar-refractivity contribution is -0.116. The molecule has 1 aliphatic carbocycles. The Hall–Kier alpha value is -0.590. The Labute approximate surface area is 93.9 Å². The van der Waals surface area contributed by atoms with Gasteiger partial charge in [0.25, 0.3) is 0 Å². The predicted molar refractivity (Wildman–Crippen MR) is 64.7 cm³/mol. The van der Waals surface area contributed by atoms with Crippen LogP contribution < -0.4 is 0 Å². The average Bonchev–Trinajstić information content (AvgIpc) is 2.18. The lowest BCUT2D eigenvalue weighted by Gasteiger charge is -2.33. The van der Waals surface area contributed by atoms with Gasteiger partial charge in [0, 0.05) is 5.41 Å². The summed E-state index contributed by atoms with van der Waals surface area (Å²) < 4.78 is 0. The van der Waals surface area contributed by atoms with Gasteiger partial charge in [0.2, 0.25) is 0 Å². The third-order valence-corrected chi connectivity index (χ3v) is 3.74. The number of hydrogen-bond acceptors (Lipinski definition) is 1. The van der Waals surface area contributed by atoms with E-state index in [1.807, 2.05) is 0 Å². The topological polar surface area (TPSA) is 17.1 Å². The summed E-state index contributed by atoms with van der Waals surface area (Å²) in [6.45, 7) is 8.90. The summed E-state index contributed by atoms with van der Waals surface area (Å²) in [6.07, 6.45) is 7.81. The largest absolute Gasteiger partial charge is 0.303 e. The first-order chi connectivity index (χ1) is 7.02. The molecule has 0 aliphatic heterocycles. The molecule has 0 N–H and O–H groups in total. The second-order valence-corrected chi connectivity index (χ2v) is 5.53. The lowest BCUT2D eigenvalue weighted by atomic mass is 9.71. The molecule has 1 heteroatoms. The van der Waals surface area contributed by atoms with Gasteiger partial charge < -0.3 is 4.79 Å². The maximum absolute atomic E-state index is 11.1. The van der Waals surface area contributed by atoms with Crippen molar-refractivity contribution in [3.05, 3.63) is 11.6 Å². The smallest absolute Gasteiger partial charge is 0.126 e. The molecule has 1 rings (SSSR count). The fourth-order valence-electron chi connectivity index (χ4n) is 2.76. The van der Waals surface area contributed by atoms with Crippen LogP contribution in [-0.4, -0.2) is 6.29 Å². The summed E-state index contributed by atoms with van der Waals surface area (Å²) >= 11 is 0. The zero-order chi connectivity index (χ0) is 11.5. The Morgan fingerprint density at radius 3 is 2.67 bits per heavy atom. The van der Waals surface area contributed by atoms with Crippen LogP contribution in [0.25, 0.3) is 0 Å². The van der Waals surface area contributed by atoms with Crippen LogP contribution >= 0.6 is 0 Å². The number of aldehydes is 1. The molecule has 0 bridgehead atoms. The molecule has 15 heavy (non-hydrogen) atoms. The molecule has 1 nitrogen and oxygen atoms in total. The first-order valence-corrected chi connectivity index (χ1v) is 6.17. The minimum absolute atomic E-state index is 0.0909. The van der Waals surface area contributed by atoms with Crippen LogP contribution in [0.4, 0.5) is 0 Å². The van der Waals surface area contributed by atoms with Crippen molar-refractivity contribution in [2.24, 2.45) is 17.3 Å². The third kappa shape index (κ3) is 2.93. The Kier molecular flexibility index (Phi) is 4.12. The van der Waals surface area contributed by atoms with Gasteiger partial charge in [-0.15, -0.1) is 0 Å². The molecule has 0 saturated carbocycles. The van der Waals surface area contributed by atoms with Crippen molar-refractivity contribution in [3.63, 3.8) is 0 Å². The standard InChI is InChI=1S/C14H24O/c1-5-13(11(2)3)12-7-6-8-14(4,9-12)10-15/h7,10-11,13H,5-6,8-9H2,1-4H3. The average molecular weight is 208 g/mol. The third-order valence-electron chi connectivity index (χ3n) is 3.74. The minimum Gasteiger partial charge on any atom is -0.303 e. The normalized spacial score (nSPS) is 28.7. The number of carbonyl (C=O) groups excluding carboxylic acids is 1. The number of hydrogen-bond donors (Lipinski definition) is 0. The van der Waals surface area contributed by atoms with Gasteiger partial charge in [0.15, 0.2) is 0 Å². The van der Waals surface area contributed by atoms with Gasteiger partial charge in [-0.3, -0.25) is 0 Å². The van der Waals surface area contributed by atoms with Gasteiger partial charge in [0.05, 0.1) is 0 Å². The maximum Gasteiger partial charge on any atom is 0.126 e. The summed E-state index contributed by atoms with van der Waals surface area (Å²) in [5.41, 5.74) is 1.43. The van der Waals surface area contributed by atoms with E-state index < -0.39 is 0 Å². The Morgan fingerprint density at radius 2 is 2.20 bits per heavy atom. The molecule has 0 aromatic heterocycles. The molecular formula is C14H24O. The van der Waals surface area contributed by atoms with Crippen molar-refractivity contribution in [2.45, 2.75) is 53.4 Å². The molecule has 0 aromatic carbocycles. The zero-order valence-corrected chi connectivity index (χ0v) is 10.5. The van der Waals surface area contributed by atoms with E-state index in [9.17, 15) is 4.79 Å². The van der Waals surface area contributed by atoms with Crippen LogP contribution in [0.2, 0.25) is 0 Å². The molecule has 0 radical (unpaired) electrons. The molecule has 2 unspecified atom stereocenters. The minimum atomic E-state index is -0.0909. The molecule has 0 fully saturated rings. The Morgan fingerprint density at radius 1 is 1.53 bits per heavy atom. The molecule has 0 heterocycles. The second kappa shape index (κ2) is 4.96. The van der Waals surface area contributed by atoms with Gasteiger partial charge in [0.1, 0.15) is 6.29 Å². The first-order valence-electron chi connectivity index (χ1n) is 6.17. The predicted octanol–water partition coefficient (Wildman–Crippen LogP) is 3.98. The van der Waals surface area contributed by atoms with Crippen molar-refractivity contribution >= 4 is 6.29 Å². The van der Waals surface area contributed by atoms with E-state index in [0.29, 0.717) is 11.8 Å². The second-order valence-electron chi connectivity index (χ2n) is 5.53. The van der Waals surface area contributed by atoms with Crippen LogP contribution in [0.1, 0.15) is 53.4 Å². The van der Waals surface area contributed by atoms with Crippen LogP contribution in [0.15, 0.2) is 11.6 Å². The van der Waals surface area contributed by atoms with E-state index in [-0.39, 0.29) is 5.41 Å². The van der Waals surface area contributed by atoms with E-state index in [1.54, 1.807) is 0 Å². The van der Waals surface area contributed by atoms with E-state index in [1.165, 1.54) is 12.0 Å². The van der Waals surface area contributed by atoms with E-state index in [2.05, 4.69) is 33.8 Å².